The molecule has 0 radical (unpaired) electrons. The van der Waals surface area contributed by atoms with Crippen LogP contribution in [0, 0.1) is 11.3 Å². The zero-order valence-electron chi connectivity index (χ0n) is 6.57. The lowest BCUT2D eigenvalue weighted by Crippen LogP contribution is -2.19. The van der Waals surface area contributed by atoms with E-state index in [1.807, 2.05) is 6.07 Å². The van der Waals surface area contributed by atoms with E-state index in [2.05, 4.69) is 0 Å². The van der Waals surface area contributed by atoms with Crippen LogP contribution in [0.15, 0.2) is 24.3 Å². The Morgan fingerprint density at radius 2 is 2.00 bits per heavy atom. The highest BCUT2D eigenvalue weighted by molar-refractivity contribution is 5.26. The van der Waals surface area contributed by atoms with Crippen molar-refractivity contribution < 1.29 is 5.11 Å². The Balaban J connectivity index is 2.66. The fraction of sp³-hybridized carbons (Fsp3) is 0.222. The van der Waals surface area contributed by atoms with Gasteiger partial charge in [0.1, 0.15) is 5.75 Å². The average molecular weight is 162 g/mol. The van der Waals surface area contributed by atoms with Crippen molar-refractivity contribution in [1.29, 1.82) is 5.26 Å². The lowest BCUT2D eigenvalue weighted by molar-refractivity contribution is 0.475. The van der Waals surface area contributed by atoms with Gasteiger partial charge in [0.15, 0.2) is 0 Å². The van der Waals surface area contributed by atoms with E-state index in [-0.39, 0.29) is 5.75 Å². The molecule has 0 saturated carbocycles. The maximum Gasteiger partial charge on any atom is 0.115 e. The summed E-state index contributed by atoms with van der Waals surface area (Å²) >= 11 is 0. The van der Waals surface area contributed by atoms with Crippen LogP contribution in [-0.4, -0.2) is 11.1 Å². The molecule has 12 heavy (non-hydrogen) atoms. The van der Waals surface area contributed by atoms with Crippen LogP contribution in [0.25, 0.3) is 0 Å². The summed E-state index contributed by atoms with van der Waals surface area (Å²) in [5.74, 6) is 0.226. The monoisotopic (exact) mass is 162 g/mol. The highest BCUT2D eigenvalue weighted by Gasteiger charge is 2.00. The Morgan fingerprint density at radius 1 is 1.42 bits per heavy atom. The lowest BCUT2D eigenvalue weighted by atomic mass is 10.1. The van der Waals surface area contributed by atoms with Gasteiger partial charge in [-0.3, -0.25) is 0 Å². The molecule has 1 atom stereocenters. The number of phenols is 1. The summed E-state index contributed by atoms with van der Waals surface area (Å²) < 4.78 is 0. The first-order chi connectivity index (χ1) is 5.72. The molecule has 0 saturated heterocycles. The van der Waals surface area contributed by atoms with Crippen LogP contribution >= 0.6 is 0 Å². The van der Waals surface area contributed by atoms with Gasteiger partial charge < -0.3 is 10.8 Å². The summed E-state index contributed by atoms with van der Waals surface area (Å²) in [5.41, 5.74) is 6.38. The second kappa shape index (κ2) is 3.74. The van der Waals surface area contributed by atoms with E-state index in [0.717, 1.165) is 5.56 Å². The predicted octanol–water partition coefficient (Wildman–Crippen LogP) is 0.786. The van der Waals surface area contributed by atoms with Gasteiger partial charge in [0, 0.05) is 6.42 Å². The first-order valence-corrected chi connectivity index (χ1v) is 3.65. The summed E-state index contributed by atoms with van der Waals surface area (Å²) in [7, 11) is 0. The second-order valence-corrected chi connectivity index (χ2v) is 2.61. The van der Waals surface area contributed by atoms with E-state index in [9.17, 15) is 0 Å². The van der Waals surface area contributed by atoms with Gasteiger partial charge >= 0.3 is 0 Å². The molecule has 0 aromatic heterocycles. The SMILES string of the molecule is N#C[C@H](N)Cc1ccc(O)cc1. The summed E-state index contributed by atoms with van der Waals surface area (Å²) in [4.78, 5) is 0. The number of hydrogen-bond acceptors (Lipinski definition) is 3. The molecule has 3 nitrogen and oxygen atoms in total. The van der Waals surface area contributed by atoms with Crippen LogP contribution in [0.4, 0.5) is 0 Å². The number of aromatic hydroxyl groups is 1. The second-order valence-electron chi connectivity index (χ2n) is 2.61. The number of nitrogens with two attached hydrogens (primary N) is 1. The molecule has 1 aromatic carbocycles. The lowest BCUT2D eigenvalue weighted by Gasteiger charge is -2.01. The molecule has 0 aliphatic carbocycles. The van der Waals surface area contributed by atoms with Crippen molar-refractivity contribution in [2.24, 2.45) is 5.73 Å². The molecule has 0 unspecified atom stereocenters. The first-order valence-electron chi connectivity index (χ1n) is 3.65. The molecule has 3 heteroatoms. The van der Waals surface area contributed by atoms with Gasteiger partial charge in [0.25, 0.3) is 0 Å². The summed E-state index contributed by atoms with van der Waals surface area (Å²) in [6.45, 7) is 0. The number of rotatable bonds is 2. The average Bonchev–Trinajstić information content (AvgIpc) is 2.09. The number of hydrogen-bond donors (Lipinski definition) is 2. The van der Waals surface area contributed by atoms with Crippen LogP contribution in [-0.2, 0) is 6.42 Å². The number of benzene rings is 1. The summed E-state index contributed by atoms with van der Waals surface area (Å²) in [5, 5.41) is 17.4. The molecule has 0 aliphatic heterocycles. The molecule has 0 fully saturated rings. The highest BCUT2D eigenvalue weighted by atomic mass is 16.3. The highest BCUT2D eigenvalue weighted by Crippen LogP contribution is 2.10. The largest absolute Gasteiger partial charge is 0.508 e. The van der Waals surface area contributed by atoms with Gasteiger partial charge in [-0.05, 0) is 17.7 Å². The molecule has 0 spiro atoms. The molecule has 62 valence electrons. The smallest absolute Gasteiger partial charge is 0.115 e. The quantitative estimate of drug-likeness (QED) is 0.675. The molecular formula is C9H10N2O. The Hall–Kier alpha value is -1.53. The van der Waals surface area contributed by atoms with Crippen molar-refractivity contribution in [1.82, 2.24) is 0 Å². The van der Waals surface area contributed by atoms with E-state index >= 15 is 0 Å². The van der Waals surface area contributed by atoms with Crippen LogP contribution in [0.5, 0.6) is 5.75 Å². The third kappa shape index (κ3) is 2.26. The van der Waals surface area contributed by atoms with Gasteiger partial charge in [-0.1, -0.05) is 12.1 Å². The topological polar surface area (TPSA) is 70.0 Å². The molecule has 0 amide bonds. The molecule has 0 aliphatic rings. The van der Waals surface area contributed by atoms with Gasteiger partial charge in [0.2, 0.25) is 0 Å². The van der Waals surface area contributed by atoms with Crippen LogP contribution in [0.3, 0.4) is 0 Å². The van der Waals surface area contributed by atoms with Gasteiger partial charge in [-0.2, -0.15) is 5.26 Å². The standard InChI is InChI=1S/C9H10N2O/c10-6-8(11)5-7-1-3-9(12)4-2-7/h1-4,8,12H,5,11H2/t8-/m1/s1. The van der Waals surface area contributed by atoms with Crippen molar-refractivity contribution in [3.05, 3.63) is 29.8 Å². The molecule has 0 bridgehead atoms. The van der Waals surface area contributed by atoms with Crippen molar-refractivity contribution in [2.45, 2.75) is 12.5 Å². The van der Waals surface area contributed by atoms with Crippen molar-refractivity contribution in [3.63, 3.8) is 0 Å². The van der Waals surface area contributed by atoms with Crippen LogP contribution < -0.4 is 5.73 Å². The van der Waals surface area contributed by atoms with Gasteiger partial charge in [0.05, 0.1) is 12.1 Å². The Kier molecular flexibility index (Phi) is 2.67. The van der Waals surface area contributed by atoms with Crippen molar-refractivity contribution in [3.8, 4) is 11.8 Å². The minimum atomic E-state index is -0.463. The molecular weight excluding hydrogens is 152 g/mol. The van der Waals surface area contributed by atoms with Crippen molar-refractivity contribution >= 4 is 0 Å². The third-order valence-corrected chi connectivity index (χ3v) is 1.56. The minimum Gasteiger partial charge on any atom is -0.508 e. The normalized spacial score (nSPS) is 12.0. The van der Waals surface area contributed by atoms with E-state index in [1.54, 1.807) is 24.3 Å². The Labute approximate surface area is 71.1 Å². The fourth-order valence-corrected chi connectivity index (χ4v) is 0.932. The molecule has 1 rings (SSSR count). The van der Waals surface area contributed by atoms with Gasteiger partial charge in [-0.25, -0.2) is 0 Å². The Bertz CT molecular complexity index is 286. The zero-order chi connectivity index (χ0) is 8.97. The predicted molar refractivity (Wildman–Crippen MR) is 45.4 cm³/mol. The summed E-state index contributed by atoms with van der Waals surface area (Å²) in [6.07, 6.45) is 0.525. The van der Waals surface area contributed by atoms with E-state index < -0.39 is 6.04 Å². The Morgan fingerprint density at radius 3 is 2.50 bits per heavy atom. The molecule has 3 N–H and O–H groups in total. The fourth-order valence-electron chi connectivity index (χ4n) is 0.932. The summed E-state index contributed by atoms with van der Waals surface area (Å²) in [6, 6.07) is 8.16. The van der Waals surface area contributed by atoms with Gasteiger partial charge in [-0.15, -0.1) is 0 Å². The first kappa shape index (κ1) is 8.57. The van der Waals surface area contributed by atoms with Crippen LogP contribution in [0.2, 0.25) is 0 Å². The number of nitrogens with zero attached hydrogens (tertiary/aromatic N) is 1. The minimum absolute atomic E-state index is 0.226. The number of nitriles is 1. The van der Waals surface area contributed by atoms with E-state index in [0.29, 0.717) is 6.42 Å². The third-order valence-electron chi connectivity index (χ3n) is 1.56. The molecule has 0 heterocycles. The van der Waals surface area contributed by atoms with Crippen LogP contribution in [0.1, 0.15) is 5.56 Å². The van der Waals surface area contributed by atoms with E-state index in [4.69, 9.17) is 16.1 Å². The van der Waals surface area contributed by atoms with E-state index in [1.165, 1.54) is 0 Å². The molecule has 1 aromatic rings. The zero-order valence-corrected chi connectivity index (χ0v) is 6.57. The van der Waals surface area contributed by atoms with Crippen molar-refractivity contribution in [2.75, 3.05) is 0 Å². The maximum atomic E-state index is 8.95. The maximum absolute atomic E-state index is 8.95. The number of phenolic OH excluding ortho intramolecular Hbond substituents is 1.